The number of hydrogen-bond donors (Lipinski definition) is 2. The van der Waals surface area contributed by atoms with Gasteiger partial charge in [-0.15, -0.1) is 0 Å². The van der Waals surface area contributed by atoms with Crippen LogP contribution in [0.5, 0.6) is 0 Å². The van der Waals surface area contributed by atoms with Gasteiger partial charge in [0.1, 0.15) is 0 Å². The van der Waals surface area contributed by atoms with Crippen LogP contribution in [0.4, 0.5) is 0 Å². The van der Waals surface area contributed by atoms with Gasteiger partial charge in [-0.2, -0.15) is 0 Å². The predicted octanol–water partition coefficient (Wildman–Crippen LogP) is 4.10. The zero-order chi connectivity index (χ0) is 20.1. The lowest BCUT2D eigenvalue weighted by Gasteiger charge is -2.39. The van der Waals surface area contributed by atoms with Gasteiger partial charge >= 0.3 is 8.80 Å². The van der Waals surface area contributed by atoms with Crippen LogP contribution >= 0.6 is 0 Å². The Balaban J connectivity index is 3.24. The molecule has 156 valence electrons. The SMILES string of the molecule is CCCO[Si](OCCC)(OCCC)C(Cc1ccccc1)C(C)NC(C)N. The highest BCUT2D eigenvalue weighted by atomic mass is 28.4. The molecule has 0 spiro atoms. The van der Waals surface area contributed by atoms with E-state index in [9.17, 15) is 0 Å². The monoisotopic (exact) mass is 396 g/mol. The summed E-state index contributed by atoms with van der Waals surface area (Å²) in [4.78, 5) is 0. The van der Waals surface area contributed by atoms with Crippen molar-refractivity contribution in [1.82, 2.24) is 5.32 Å². The highest BCUT2D eigenvalue weighted by Crippen LogP contribution is 2.33. The Kier molecular flexibility index (Phi) is 12.1. The molecular weight excluding hydrogens is 356 g/mol. The van der Waals surface area contributed by atoms with Crippen molar-refractivity contribution >= 4 is 8.80 Å². The van der Waals surface area contributed by atoms with E-state index in [0.717, 1.165) is 25.7 Å². The molecule has 1 aromatic rings. The molecule has 5 nitrogen and oxygen atoms in total. The van der Waals surface area contributed by atoms with Gasteiger partial charge < -0.3 is 19.0 Å². The Labute approximate surface area is 167 Å². The Morgan fingerprint density at radius 2 is 1.37 bits per heavy atom. The lowest BCUT2D eigenvalue weighted by molar-refractivity contribution is 0.0451. The molecule has 0 bridgehead atoms. The van der Waals surface area contributed by atoms with Crippen molar-refractivity contribution in [3.8, 4) is 0 Å². The van der Waals surface area contributed by atoms with Gasteiger partial charge in [0.05, 0.1) is 6.17 Å². The molecule has 3 atom stereocenters. The summed E-state index contributed by atoms with van der Waals surface area (Å²) < 4.78 is 19.3. The lowest BCUT2D eigenvalue weighted by Crippen LogP contribution is -2.58. The molecule has 0 heterocycles. The topological polar surface area (TPSA) is 65.7 Å². The van der Waals surface area contributed by atoms with Crippen LogP contribution < -0.4 is 11.1 Å². The van der Waals surface area contributed by atoms with Gasteiger partial charge in [0.2, 0.25) is 0 Å². The van der Waals surface area contributed by atoms with E-state index in [0.29, 0.717) is 19.8 Å². The average Bonchev–Trinajstić information content (AvgIpc) is 2.66. The fourth-order valence-electron chi connectivity index (χ4n) is 3.19. The second-order valence-corrected chi connectivity index (χ2v) is 10.0. The molecule has 3 unspecified atom stereocenters. The number of nitrogens with one attached hydrogen (secondary N) is 1. The van der Waals surface area contributed by atoms with E-state index in [1.165, 1.54) is 5.56 Å². The van der Waals surface area contributed by atoms with Gasteiger partial charge in [-0.1, -0.05) is 51.1 Å². The molecule has 0 radical (unpaired) electrons. The summed E-state index contributed by atoms with van der Waals surface area (Å²) >= 11 is 0. The largest absolute Gasteiger partial charge is 0.506 e. The number of benzene rings is 1. The van der Waals surface area contributed by atoms with Gasteiger partial charge in [-0.25, -0.2) is 0 Å². The molecule has 1 rings (SSSR count). The maximum Gasteiger partial charge on any atom is 0.506 e. The normalized spacial score (nSPS) is 15.5. The predicted molar refractivity (Wildman–Crippen MR) is 115 cm³/mol. The molecule has 0 aliphatic heterocycles. The molecule has 0 fully saturated rings. The van der Waals surface area contributed by atoms with Gasteiger partial charge in [-0.05, 0) is 45.1 Å². The highest BCUT2D eigenvalue weighted by Gasteiger charge is 2.51. The maximum absolute atomic E-state index is 6.43. The van der Waals surface area contributed by atoms with Crippen LogP contribution in [0, 0.1) is 0 Å². The maximum atomic E-state index is 6.43. The van der Waals surface area contributed by atoms with Crippen LogP contribution in [0.3, 0.4) is 0 Å². The fraction of sp³-hybridized carbons (Fsp3) is 0.714. The molecule has 27 heavy (non-hydrogen) atoms. The summed E-state index contributed by atoms with van der Waals surface area (Å²) in [5, 5.41) is 3.47. The molecule has 1 aromatic carbocycles. The second kappa shape index (κ2) is 13.4. The Hall–Kier alpha value is -0.763. The molecule has 3 N–H and O–H groups in total. The minimum absolute atomic E-state index is 0.0931. The number of rotatable bonds is 15. The minimum Gasteiger partial charge on any atom is -0.373 e. The van der Waals surface area contributed by atoms with E-state index >= 15 is 0 Å². The molecule has 0 aliphatic carbocycles. The van der Waals surface area contributed by atoms with Gasteiger partial charge in [-0.3, -0.25) is 5.32 Å². The summed E-state index contributed by atoms with van der Waals surface area (Å²) in [6.07, 6.45) is 3.55. The van der Waals surface area contributed by atoms with Crippen molar-refractivity contribution in [2.75, 3.05) is 19.8 Å². The first-order valence-electron chi connectivity index (χ1n) is 10.5. The number of hydrogen-bond acceptors (Lipinski definition) is 5. The highest BCUT2D eigenvalue weighted by molar-refractivity contribution is 6.62. The van der Waals surface area contributed by atoms with Gasteiger partial charge in [0.25, 0.3) is 0 Å². The molecule has 0 aliphatic rings. The minimum atomic E-state index is -2.92. The quantitative estimate of drug-likeness (QED) is 0.345. The Morgan fingerprint density at radius 3 is 1.78 bits per heavy atom. The van der Waals surface area contributed by atoms with E-state index in [2.05, 4.69) is 57.3 Å². The molecule has 0 amide bonds. The third-order valence-corrected chi connectivity index (χ3v) is 7.84. The zero-order valence-corrected chi connectivity index (χ0v) is 18.9. The summed E-state index contributed by atoms with van der Waals surface area (Å²) in [6, 6.07) is 10.6. The first-order chi connectivity index (χ1) is 13.0. The summed E-state index contributed by atoms with van der Waals surface area (Å²) in [7, 11) is -2.92. The summed E-state index contributed by atoms with van der Waals surface area (Å²) in [5.74, 6) is 0. The van der Waals surface area contributed by atoms with E-state index < -0.39 is 8.80 Å². The van der Waals surface area contributed by atoms with Crippen molar-refractivity contribution < 1.29 is 13.3 Å². The van der Waals surface area contributed by atoms with Crippen LogP contribution in [0.25, 0.3) is 0 Å². The van der Waals surface area contributed by atoms with Crippen LogP contribution in [0.2, 0.25) is 5.54 Å². The van der Waals surface area contributed by atoms with E-state index in [1.54, 1.807) is 0 Å². The Morgan fingerprint density at radius 1 is 0.889 bits per heavy atom. The first kappa shape index (κ1) is 24.3. The zero-order valence-electron chi connectivity index (χ0n) is 17.9. The molecular formula is C21H40N2O3Si. The van der Waals surface area contributed by atoms with E-state index in [1.807, 2.05) is 13.0 Å². The molecule has 0 saturated heterocycles. The third kappa shape index (κ3) is 8.42. The van der Waals surface area contributed by atoms with Crippen molar-refractivity contribution in [3.05, 3.63) is 35.9 Å². The van der Waals surface area contributed by atoms with Crippen molar-refractivity contribution in [1.29, 1.82) is 0 Å². The van der Waals surface area contributed by atoms with Crippen LogP contribution in [0.1, 0.15) is 59.4 Å². The molecule has 6 heteroatoms. The van der Waals surface area contributed by atoms with Crippen LogP contribution in [0.15, 0.2) is 30.3 Å². The third-order valence-electron chi connectivity index (χ3n) is 4.40. The molecule has 0 saturated carbocycles. The van der Waals surface area contributed by atoms with Gasteiger partial charge in [0, 0.05) is 31.4 Å². The van der Waals surface area contributed by atoms with E-state index in [4.69, 9.17) is 19.0 Å². The first-order valence-corrected chi connectivity index (χ1v) is 12.3. The van der Waals surface area contributed by atoms with Crippen molar-refractivity contribution in [2.45, 2.75) is 78.1 Å². The second-order valence-electron chi connectivity index (χ2n) is 7.19. The van der Waals surface area contributed by atoms with Crippen LogP contribution in [-0.4, -0.2) is 40.8 Å². The number of nitrogens with two attached hydrogens (primary N) is 1. The lowest BCUT2D eigenvalue weighted by atomic mass is 10.1. The average molecular weight is 397 g/mol. The molecule has 0 aromatic heterocycles. The summed E-state index contributed by atoms with van der Waals surface area (Å²) in [6.45, 7) is 12.4. The smallest absolute Gasteiger partial charge is 0.373 e. The summed E-state index contributed by atoms with van der Waals surface area (Å²) in [5.41, 5.74) is 7.41. The van der Waals surface area contributed by atoms with Crippen molar-refractivity contribution in [3.63, 3.8) is 0 Å². The van der Waals surface area contributed by atoms with Gasteiger partial charge in [0.15, 0.2) is 0 Å². The fourth-order valence-corrected chi connectivity index (χ4v) is 6.74. The standard InChI is InChI=1S/C21H40N2O3Si/c1-6-14-24-27(25-15-7-2,26-16-8-3)21(18(4)23-19(5)22)17-20-12-10-9-11-13-20/h9-13,18-19,21,23H,6-8,14-17,22H2,1-5H3. The Bertz CT molecular complexity index is 466. The van der Waals surface area contributed by atoms with E-state index in [-0.39, 0.29) is 17.7 Å². The van der Waals surface area contributed by atoms with Crippen LogP contribution in [-0.2, 0) is 19.7 Å². The van der Waals surface area contributed by atoms with Crippen molar-refractivity contribution in [2.24, 2.45) is 5.73 Å².